The van der Waals surface area contributed by atoms with Gasteiger partial charge in [-0.05, 0) is 35.9 Å². The summed E-state index contributed by atoms with van der Waals surface area (Å²) in [6, 6.07) is 25.7. The number of rotatable bonds is 4. The van der Waals surface area contributed by atoms with Crippen molar-refractivity contribution >= 4 is 28.7 Å². The van der Waals surface area contributed by atoms with Gasteiger partial charge in [0.05, 0.1) is 11.7 Å². The Balaban J connectivity index is 1.57. The molecule has 3 aromatic rings. The lowest BCUT2D eigenvalue weighted by Crippen LogP contribution is -2.28. The van der Waals surface area contributed by atoms with Crippen molar-refractivity contribution in [3.63, 3.8) is 0 Å². The summed E-state index contributed by atoms with van der Waals surface area (Å²) in [7, 11) is 0. The maximum Gasteiger partial charge on any atom is 0.160 e. The van der Waals surface area contributed by atoms with E-state index < -0.39 is 0 Å². The molecule has 0 N–H and O–H groups in total. The number of pyridine rings is 1. The van der Waals surface area contributed by atoms with E-state index in [1.54, 1.807) is 0 Å². The highest BCUT2D eigenvalue weighted by Crippen LogP contribution is 2.49. The van der Waals surface area contributed by atoms with Crippen LogP contribution in [0.5, 0.6) is 0 Å². The molecule has 3 heterocycles. The first kappa shape index (κ1) is 17.8. The third kappa shape index (κ3) is 3.33. The van der Waals surface area contributed by atoms with E-state index in [-0.39, 0.29) is 12.1 Å². The fourth-order valence-corrected chi connectivity index (χ4v) is 5.98. The van der Waals surface area contributed by atoms with Gasteiger partial charge in [-0.25, -0.2) is 0 Å². The fraction of sp³-hybridized carbons (Fsp3) is 0.217. The van der Waals surface area contributed by atoms with Crippen LogP contribution in [0.2, 0.25) is 0 Å². The highest BCUT2D eigenvalue weighted by molar-refractivity contribution is 8.14. The molecular weight excluding hydrogens is 382 g/mol. The molecule has 0 bridgehead atoms. The molecule has 0 saturated carbocycles. The smallest absolute Gasteiger partial charge is 0.160 e. The predicted octanol–water partition coefficient (Wildman–Crippen LogP) is 5.82. The Kier molecular flexibility index (Phi) is 4.87. The molecule has 3 nitrogen and oxygen atoms in total. The highest BCUT2D eigenvalue weighted by atomic mass is 32.2. The van der Waals surface area contributed by atoms with Crippen LogP contribution in [-0.2, 0) is 0 Å². The van der Waals surface area contributed by atoms with Gasteiger partial charge in [0.1, 0.15) is 6.04 Å². The van der Waals surface area contributed by atoms with Gasteiger partial charge in [0.25, 0.3) is 0 Å². The van der Waals surface area contributed by atoms with Crippen LogP contribution in [0, 0.1) is 0 Å². The SMILES string of the molecule is CC1CN2C(=NC(c3ccccn3)C2c2ccccc2Sc2ccccc2)S1. The van der Waals surface area contributed by atoms with Crippen molar-refractivity contribution in [1.29, 1.82) is 0 Å². The van der Waals surface area contributed by atoms with Gasteiger partial charge in [0.2, 0.25) is 0 Å². The minimum Gasteiger partial charge on any atom is -0.341 e. The number of aromatic nitrogens is 1. The second kappa shape index (κ2) is 7.64. The zero-order valence-electron chi connectivity index (χ0n) is 15.6. The molecule has 2 aromatic carbocycles. The van der Waals surface area contributed by atoms with Gasteiger partial charge in [-0.3, -0.25) is 9.98 Å². The molecule has 3 atom stereocenters. The van der Waals surface area contributed by atoms with Crippen molar-refractivity contribution in [2.45, 2.75) is 34.0 Å². The van der Waals surface area contributed by atoms with Crippen LogP contribution in [-0.4, -0.2) is 26.8 Å². The van der Waals surface area contributed by atoms with Crippen LogP contribution in [0.4, 0.5) is 0 Å². The molecule has 140 valence electrons. The monoisotopic (exact) mass is 403 g/mol. The second-order valence-electron chi connectivity index (χ2n) is 7.09. The molecule has 2 aliphatic heterocycles. The summed E-state index contributed by atoms with van der Waals surface area (Å²) < 4.78 is 0. The van der Waals surface area contributed by atoms with E-state index in [1.807, 2.05) is 35.8 Å². The molecular formula is C23H21N3S2. The third-order valence-electron chi connectivity index (χ3n) is 5.09. The molecule has 5 rings (SSSR count). The van der Waals surface area contributed by atoms with Gasteiger partial charge in [0.15, 0.2) is 5.17 Å². The van der Waals surface area contributed by atoms with Crippen LogP contribution in [0.25, 0.3) is 0 Å². The lowest BCUT2D eigenvalue weighted by atomic mass is 9.96. The first-order chi connectivity index (χ1) is 13.8. The summed E-state index contributed by atoms with van der Waals surface area (Å²) in [4.78, 5) is 14.8. The van der Waals surface area contributed by atoms with Gasteiger partial charge >= 0.3 is 0 Å². The van der Waals surface area contributed by atoms with E-state index in [2.05, 4.69) is 83.5 Å². The van der Waals surface area contributed by atoms with E-state index in [4.69, 9.17) is 4.99 Å². The average Bonchev–Trinajstić information content (AvgIpc) is 3.26. The van der Waals surface area contributed by atoms with Gasteiger partial charge in [0, 0.05) is 27.8 Å². The third-order valence-corrected chi connectivity index (χ3v) is 7.29. The minimum atomic E-state index is 0.0359. The zero-order valence-corrected chi connectivity index (χ0v) is 17.2. The van der Waals surface area contributed by atoms with Gasteiger partial charge in [-0.2, -0.15) is 0 Å². The van der Waals surface area contributed by atoms with E-state index in [9.17, 15) is 0 Å². The molecule has 5 heteroatoms. The molecule has 1 fully saturated rings. The van der Waals surface area contributed by atoms with Gasteiger partial charge in [-0.1, -0.05) is 72.9 Å². The van der Waals surface area contributed by atoms with Gasteiger partial charge < -0.3 is 4.90 Å². The van der Waals surface area contributed by atoms with Crippen molar-refractivity contribution in [2.75, 3.05) is 6.54 Å². The van der Waals surface area contributed by atoms with Crippen molar-refractivity contribution in [2.24, 2.45) is 4.99 Å². The van der Waals surface area contributed by atoms with Crippen LogP contribution < -0.4 is 0 Å². The predicted molar refractivity (Wildman–Crippen MR) is 118 cm³/mol. The van der Waals surface area contributed by atoms with Crippen molar-refractivity contribution in [3.05, 3.63) is 90.3 Å². The molecule has 1 saturated heterocycles. The summed E-state index contributed by atoms with van der Waals surface area (Å²) in [5.74, 6) is 0. The number of hydrogen-bond acceptors (Lipinski definition) is 5. The van der Waals surface area contributed by atoms with Crippen molar-refractivity contribution in [3.8, 4) is 0 Å². The molecule has 0 spiro atoms. The van der Waals surface area contributed by atoms with Crippen LogP contribution in [0.15, 0.2) is 93.8 Å². The lowest BCUT2D eigenvalue weighted by molar-refractivity contribution is 0.317. The van der Waals surface area contributed by atoms with Crippen molar-refractivity contribution in [1.82, 2.24) is 9.88 Å². The van der Waals surface area contributed by atoms with Crippen molar-refractivity contribution < 1.29 is 0 Å². The normalized spacial score (nSPS) is 23.5. The van der Waals surface area contributed by atoms with E-state index >= 15 is 0 Å². The standard InChI is InChI=1S/C23H21N3S2/c1-16-15-26-22(21(25-23(26)27-16)19-12-7-8-14-24-19)18-11-5-6-13-20(18)28-17-9-3-2-4-10-17/h2-14,16,21-22H,15H2,1H3. The summed E-state index contributed by atoms with van der Waals surface area (Å²) >= 11 is 3.71. The largest absolute Gasteiger partial charge is 0.341 e. The van der Waals surface area contributed by atoms with Crippen LogP contribution >= 0.6 is 23.5 Å². The Bertz CT molecular complexity index is 991. The van der Waals surface area contributed by atoms with Gasteiger partial charge in [-0.15, -0.1) is 0 Å². The Morgan fingerprint density at radius 3 is 2.57 bits per heavy atom. The van der Waals surface area contributed by atoms with E-state index in [0.29, 0.717) is 5.25 Å². The second-order valence-corrected chi connectivity index (χ2v) is 9.61. The summed E-state index contributed by atoms with van der Waals surface area (Å²) in [5.41, 5.74) is 2.38. The van der Waals surface area contributed by atoms with Crippen LogP contribution in [0.1, 0.15) is 30.3 Å². The highest BCUT2D eigenvalue weighted by Gasteiger charge is 2.44. The number of amidine groups is 1. The maximum atomic E-state index is 5.11. The lowest BCUT2D eigenvalue weighted by Gasteiger charge is -2.29. The molecule has 28 heavy (non-hydrogen) atoms. The Labute approximate surface area is 174 Å². The average molecular weight is 404 g/mol. The Morgan fingerprint density at radius 1 is 0.964 bits per heavy atom. The Morgan fingerprint density at radius 2 is 1.75 bits per heavy atom. The fourth-order valence-electron chi connectivity index (χ4n) is 3.89. The summed E-state index contributed by atoms with van der Waals surface area (Å²) in [6.07, 6.45) is 1.87. The maximum absolute atomic E-state index is 5.11. The number of benzene rings is 2. The topological polar surface area (TPSA) is 28.5 Å². The Hall–Kier alpha value is -2.24. The number of aliphatic imine (C=N–C) groups is 1. The molecule has 0 aliphatic carbocycles. The first-order valence-electron chi connectivity index (χ1n) is 9.53. The quantitative estimate of drug-likeness (QED) is 0.549. The molecule has 1 aromatic heterocycles. The molecule has 2 aliphatic rings. The van der Waals surface area contributed by atoms with Crippen LogP contribution in [0.3, 0.4) is 0 Å². The zero-order chi connectivity index (χ0) is 18.9. The summed E-state index contributed by atoms with van der Waals surface area (Å²) in [5, 5.41) is 1.73. The first-order valence-corrected chi connectivity index (χ1v) is 11.2. The molecule has 0 amide bonds. The van der Waals surface area contributed by atoms with E-state index in [1.165, 1.54) is 15.4 Å². The molecule has 3 unspecified atom stereocenters. The summed E-state index contributed by atoms with van der Waals surface area (Å²) in [6.45, 7) is 3.31. The van der Waals surface area contributed by atoms with E-state index in [0.717, 1.165) is 17.4 Å². The molecule has 0 radical (unpaired) electrons. The number of fused-ring (bicyclic) bond motifs is 1. The number of thioether (sulfide) groups is 1. The number of hydrogen-bond donors (Lipinski definition) is 0. The number of nitrogens with zero attached hydrogens (tertiary/aromatic N) is 3. The minimum absolute atomic E-state index is 0.0359.